The number of fused-ring (bicyclic) bond motifs is 1. The van der Waals surface area contributed by atoms with Crippen molar-refractivity contribution in [1.29, 1.82) is 0 Å². The van der Waals surface area contributed by atoms with E-state index in [1.807, 2.05) is 0 Å². The lowest BCUT2D eigenvalue weighted by molar-refractivity contribution is 0.292. The van der Waals surface area contributed by atoms with Gasteiger partial charge in [-0.15, -0.1) is 0 Å². The van der Waals surface area contributed by atoms with E-state index in [2.05, 4.69) is 25.2 Å². The Morgan fingerprint density at radius 1 is 1.12 bits per heavy atom. The molecule has 0 saturated carbocycles. The van der Waals surface area contributed by atoms with Crippen LogP contribution in [-0.4, -0.2) is 41.1 Å². The lowest BCUT2D eigenvalue weighted by Crippen LogP contribution is -2.43. The van der Waals surface area contributed by atoms with Gasteiger partial charge in [0, 0.05) is 43.3 Å². The third-order valence-corrected chi connectivity index (χ3v) is 4.23. The molecule has 1 aliphatic rings. The number of ether oxygens (including phenoxy) is 1. The van der Waals surface area contributed by atoms with Crippen molar-refractivity contribution in [2.24, 2.45) is 0 Å². The standard InChI is InChI=1S/C18H17F2N5O/c19-14-2-1-13-7-12(8-23-18(13)17(14)20)11-26-16-10-22-9-15(24-16)25-5-3-21-4-6-25/h1-2,7-10,21H,3-6,11H2. The van der Waals surface area contributed by atoms with Crippen molar-refractivity contribution < 1.29 is 13.5 Å². The molecule has 6 nitrogen and oxygen atoms in total. The molecule has 3 aromatic rings. The van der Waals surface area contributed by atoms with Crippen molar-refractivity contribution >= 4 is 16.7 Å². The number of hydrogen-bond acceptors (Lipinski definition) is 6. The van der Waals surface area contributed by atoms with Crippen molar-refractivity contribution in [2.75, 3.05) is 31.1 Å². The molecule has 8 heteroatoms. The molecule has 3 heterocycles. The zero-order valence-corrected chi connectivity index (χ0v) is 14.0. The molecule has 0 unspecified atom stereocenters. The lowest BCUT2D eigenvalue weighted by atomic mass is 10.1. The minimum atomic E-state index is -0.940. The van der Waals surface area contributed by atoms with Crippen molar-refractivity contribution in [2.45, 2.75) is 6.61 Å². The van der Waals surface area contributed by atoms with Gasteiger partial charge in [0.1, 0.15) is 12.1 Å². The second-order valence-electron chi connectivity index (χ2n) is 6.02. The predicted molar refractivity (Wildman–Crippen MR) is 93.1 cm³/mol. The lowest BCUT2D eigenvalue weighted by Gasteiger charge is -2.28. The number of aromatic nitrogens is 3. The highest BCUT2D eigenvalue weighted by molar-refractivity contribution is 5.79. The molecule has 1 saturated heterocycles. The predicted octanol–water partition coefficient (Wildman–Crippen LogP) is 2.29. The molecule has 0 amide bonds. The van der Waals surface area contributed by atoms with Crippen LogP contribution in [0.15, 0.2) is 36.8 Å². The Hall–Kier alpha value is -2.87. The molecule has 1 aliphatic heterocycles. The van der Waals surface area contributed by atoms with Crippen molar-refractivity contribution in [3.05, 3.63) is 54.0 Å². The van der Waals surface area contributed by atoms with Crippen molar-refractivity contribution in [3.63, 3.8) is 0 Å². The maximum absolute atomic E-state index is 13.7. The summed E-state index contributed by atoms with van der Waals surface area (Å²) in [6.07, 6.45) is 4.74. The van der Waals surface area contributed by atoms with E-state index in [-0.39, 0.29) is 12.1 Å². The van der Waals surface area contributed by atoms with Gasteiger partial charge >= 0.3 is 0 Å². The highest BCUT2D eigenvalue weighted by atomic mass is 19.2. The van der Waals surface area contributed by atoms with Crippen molar-refractivity contribution in [1.82, 2.24) is 20.3 Å². The minimum absolute atomic E-state index is 0.00856. The van der Waals surface area contributed by atoms with Crippen LogP contribution in [0.1, 0.15) is 5.56 Å². The summed E-state index contributed by atoms with van der Waals surface area (Å²) < 4.78 is 32.7. The number of hydrogen-bond donors (Lipinski definition) is 1. The van der Waals surface area contributed by atoms with Gasteiger partial charge in [0.15, 0.2) is 17.5 Å². The smallest absolute Gasteiger partial charge is 0.234 e. The Morgan fingerprint density at radius 2 is 1.96 bits per heavy atom. The largest absolute Gasteiger partial charge is 0.472 e. The first-order valence-corrected chi connectivity index (χ1v) is 8.34. The molecule has 1 aromatic carbocycles. The molecule has 0 bridgehead atoms. The van der Waals surface area contributed by atoms with E-state index in [1.165, 1.54) is 12.3 Å². The van der Waals surface area contributed by atoms with E-state index in [1.54, 1.807) is 18.5 Å². The number of anilines is 1. The average Bonchev–Trinajstić information content (AvgIpc) is 2.70. The SMILES string of the molecule is Fc1ccc2cc(COc3cncc(N4CCNCC4)n3)cnc2c1F. The summed E-state index contributed by atoms with van der Waals surface area (Å²) in [4.78, 5) is 14.8. The quantitative estimate of drug-likeness (QED) is 0.773. The molecule has 1 N–H and O–H groups in total. The zero-order chi connectivity index (χ0) is 17.9. The fraction of sp³-hybridized carbons (Fsp3) is 0.278. The monoisotopic (exact) mass is 357 g/mol. The number of piperazine rings is 1. The van der Waals surface area contributed by atoms with E-state index < -0.39 is 11.6 Å². The Balaban J connectivity index is 1.48. The fourth-order valence-corrected chi connectivity index (χ4v) is 2.88. The number of nitrogens with one attached hydrogen (secondary N) is 1. The molecule has 2 aromatic heterocycles. The van der Waals surface area contributed by atoms with Crippen LogP contribution < -0.4 is 15.0 Å². The summed E-state index contributed by atoms with van der Waals surface area (Å²) in [6.45, 7) is 3.77. The molecule has 0 radical (unpaired) electrons. The number of nitrogens with zero attached hydrogens (tertiary/aromatic N) is 4. The Labute approximate surface area is 148 Å². The topological polar surface area (TPSA) is 63.2 Å². The Bertz CT molecular complexity index is 931. The highest BCUT2D eigenvalue weighted by Crippen LogP contribution is 2.20. The number of pyridine rings is 1. The molecular formula is C18H17F2N5O. The van der Waals surface area contributed by atoms with Gasteiger partial charge in [-0.1, -0.05) is 0 Å². The van der Waals surface area contributed by atoms with Gasteiger partial charge in [-0.2, -0.15) is 4.98 Å². The van der Waals surface area contributed by atoms with Crippen LogP contribution in [0.25, 0.3) is 10.9 Å². The summed E-state index contributed by atoms with van der Waals surface area (Å²) in [5.41, 5.74) is 0.743. The van der Waals surface area contributed by atoms with E-state index in [0.29, 0.717) is 11.3 Å². The first-order valence-electron chi connectivity index (χ1n) is 8.34. The molecule has 0 atom stereocenters. The van der Waals surface area contributed by atoms with Gasteiger partial charge < -0.3 is 15.0 Å². The Kier molecular flexibility index (Phi) is 4.57. The highest BCUT2D eigenvalue weighted by Gasteiger charge is 2.13. The van der Waals surface area contributed by atoms with Crippen LogP contribution in [0.3, 0.4) is 0 Å². The third-order valence-electron chi connectivity index (χ3n) is 4.23. The maximum Gasteiger partial charge on any atom is 0.234 e. The second-order valence-corrected chi connectivity index (χ2v) is 6.02. The summed E-state index contributed by atoms with van der Waals surface area (Å²) in [6, 6.07) is 4.31. The van der Waals surface area contributed by atoms with Crippen LogP contribution in [0, 0.1) is 11.6 Å². The molecule has 26 heavy (non-hydrogen) atoms. The van der Waals surface area contributed by atoms with Crippen LogP contribution in [0.2, 0.25) is 0 Å². The average molecular weight is 357 g/mol. The second kappa shape index (κ2) is 7.17. The van der Waals surface area contributed by atoms with Crippen LogP contribution in [0.4, 0.5) is 14.6 Å². The van der Waals surface area contributed by atoms with Crippen LogP contribution >= 0.6 is 0 Å². The maximum atomic E-state index is 13.7. The minimum Gasteiger partial charge on any atom is -0.472 e. The van der Waals surface area contributed by atoms with Crippen molar-refractivity contribution in [3.8, 4) is 5.88 Å². The molecule has 4 rings (SSSR count). The molecular weight excluding hydrogens is 340 g/mol. The summed E-state index contributed by atoms with van der Waals surface area (Å²) >= 11 is 0. The van der Waals surface area contributed by atoms with Gasteiger partial charge in [0.25, 0.3) is 0 Å². The van der Waals surface area contributed by atoms with Gasteiger partial charge in [0.05, 0.1) is 12.4 Å². The molecule has 0 aliphatic carbocycles. The number of halogens is 2. The number of benzene rings is 1. The zero-order valence-electron chi connectivity index (χ0n) is 14.0. The van der Waals surface area contributed by atoms with Gasteiger partial charge in [-0.3, -0.25) is 9.97 Å². The van der Waals surface area contributed by atoms with Gasteiger partial charge in [0.2, 0.25) is 5.88 Å². The van der Waals surface area contributed by atoms with Gasteiger partial charge in [-0.25, -0.2) is 8.78 Å². The fourth-order valence-electron chi connectivity index (χ4n) is 2.88. The van der Waals surface area contributed by atoms with E-state index in [4.69, 9.17) is 4.74 Å². The van der Waals surface area contributed by atoms with Gasteiger partial charge in [-0.05, 0) is 18.2 Å². The molecule has 134 valence electrons. The molecule has 0 spiro atoms. The van der Waals surface area contributed by atoms with Crippen LogP contribution in [-0.2, 0) is 6.61 Å². The first kappa shape index (κ1) is 16.6. The van der Waals surface area contributed by atoms with E-state index in [9.17, 15) is 8.78 Å². The summed E-state index contributed by atoms with van der Waals surface area (Å²) in [7, 11) is 0. The normalized spacial score (nSPS) is 14.6. The molecule has 1 fully saturated rings. The first-order chi connectivity index (χ1) is 12.7. The summed E-state index contributed by atoms with van der Waals surface area (Å²) in [5.74, 6) is -0.664. The van der Waals surface area contributed by atoms with E-state index >= 15 is 0 Å². The third kappa shape index (κ3) is 3.41. The summed E-state index contributed by atoms with van der Waals surface area (Å²) in [5, 5.41) is 3.81. The number of rotatable bonds is 4. The van der Waals surface area contributed by atoms with E-state index in [0.717, 1.165) is 43.6 Å². The Morgan fingerprint density at radius 3 is 2.81 bits per heavy atom. The van der Waals surface area contributed by atoms with Crippen LogP contribution in [0.5, 0.6) is 5.88 Å².